The number of pyridine rings is 1. The van der Waals surface area contributed by atoms with Crippen LogP contribution >= 0.6 is 11.3 Å². The van der Waals surface area contributed by atoms with Crippen molar-refractivity contribution in [3.05, 3.63) is 33.9 Å². The van der Waals surface area contributed by atoms with E-state index in [0.717, 1.165) is 0 Å². The van der Waals surface area contributed by atoms with E-state index in [1.54, 1.807) is 6.20 Å². The van der Waals surface area contributed by atoms with Gasteiger partial charge in [-0.05, 0) is 11.8 Å². The third kappa shape index (κ3) is 3.30. The smallest absolute Gasteiger partial charge is 0.344 e. The van der Waals surface area contributed by atoms with Crippen LogP contribution in [0, 0.1) is 11.8 Å². The van der Waals surface area contributed by atoms with Crippen LogP contribution in [0.5, 0.6) is 11.6 Å². The van der Waals surface area contributed by atoms with E-state index in [9.17, 15) is 4.79 Å². The molecule has 2 heterocycles. The van der Waals surface area contributed by atoms with Crippen molar-refractivity contribution in [1.29, 1.82) is 0 Å². The second kappa shape index (κ2) is 6.72. The normalized spacial score (nSPS) is 9.48. The van der Waals surface area contributed by atoms with Crippen molar-refractivity contribution in [1.82, 2.24) is 9.97 Å². The van der Waals surface area contributed by atoms with Gasteiger partial charge in [0, 0.05) is 17.6 Å². The highest BCUT2D eigenvalue weighted by Gasteiger charge is 2.20. The molecule has 7 heteroatoms. The first kappa shape index (κ1) is 14.8. The number of nitrogens with zero attached hydrogens (tertiary/aromatic N) is 2. The van der Waals surface area contributed by atoms with Crippen molar-refractivity contribution >= 4 is 17.3 Å². The number of rotatable bonds is 3. The van der Waals surface area contributed by atoms with Crippen molar-refractivity contribution < 1.29 is 19.0 Å². The third-order valence-electron chi connectivity index (χ3n) is 2.50. The lowest BCUT2D eigenvalue weighted by atomic mass is 10.1. The second-order valence-corrected chi connectivity index (χ2v) is 4.56. The molecule has 0 fully saturated rings. The molecule has 0 unspecified atom stereocenters. The largest absolute Gasteiger partial charge is 0.496 e. The number of methoxy groups -OCH3 is 3. The molecule has 0 saturated heterocycles. The summed E-state index contributed by atoms with van der Waals surface area (Å²) in [7, 11) is 4.20. The van der Waals surface area contributed by atoms with Crippen molar-refractivity contribution in [2.75, 3.05) is 21.3 Å². The van der Waals surface area contributed by atoms with Gasteiger partial charge in [0.15, 0.2) is 5.01 Å². The van der Waals surface area contributed by atoms with Crippen LogP contribution in [0.15, 0.2) is 17.6 Å². The number of carbonyl (C=O) groups excluding carboxylic acids is 1. The van der Waals surface area contributed by atoms with E-state index < -0.39 is 5.97 Å². The Labute approximate surface area is 125 Å². The Morgan fingerprint density at radius 1 is 1.24 bits per heavy atom. The minimum absolute atomic E-state index is 0.157. The molecule has 0 spiro atoms. The Bertz CT molecular complexity index is 702. The van der Waals surface area contributed by atoms with Crippen LogP contribution in [0.25, 0.3) is 0 Å². The summed E-state index contributed by atoms with van der Waals surface area (Å²) in [5, 5.41) is 2.43. The van der Waals surface area contributed by atoms with Crippen molar-refractivity contribution in [3.63, 3.8) is 0 Å². The standard InChI is InChI=1S/C14H12N2O4S/c1-18-10-8-11(19-2)16-9(13(10)14(17)20-3)4-5-12-15-6-7-21-12/h6-8H,1-3H3. The fourth-order valence-electron chi connectivity index (χ4n) is 1.55. The maximum Gasteiger partial charge on any atom is 0.344 e. The molecule has 6 nitrogen and oxygen atoms in total. The fourth-order valence-corrected chi connectivity index (χ4v) is 2.03. The molecule has 21 heavy (non-hydrogen) atoms. The van der Waals surface area contributed by atoms with E-state index in [1.807, 2.05) is 5.38 Å². The lowest BCUT2D eigenvalue weighted by Gasteiger charge is -2.10. The zero-order valence-electron chi connectivity index (χ0n) is 11.7. The van der Waals surface area contributed by atoms with Gasteiger partial charge in [-0.3, -0.25) is 0 Å². The maximum atomic E-state index is 11.9. The fraction of sp³-hybridized carbons (Fsp3) is 0.214. The lowest BCUT2D eigenvalue weighted by Crippen LogP contribution is -2.09. The molecule has 2 aromatic rings. The molecule has 0 saturated carbocycles. The molecular formula is C14H12N2O4S. The average Bonchev–Trinajstić information content (AvgIpc) is 3.04. The van der Waals surface area contributed by atoms with E-state index in [2.05, 4.69) is 21.8 Å². The van der Waals surface area contributed by atoms with Gasteiger partial charge in [0.25, 0.3) is 0 Å². The molecule has 108 valence electrons. The van der Waals surface area contributed by atoms with Crippen LogP contribution in [0.3, 0.4) is 0 Å². The highest BCUT2D eigenvalue weighted by molar-refractivity contribution is 7.10. The van der Waals surface area contributed by atoms with Gasteiger partial charge in [-0.15, -0.1) is 11.3 Å². The van der Waals surface area contributed by atoms with Crippen LogP contribution in [-0.4, -0.2) is 37.3 Å². The van der Waals surface area contributed by atoms with E-state index in [-0.39, 0.29) is 17.0 Å². The Morgan fingerprint density at radius 3 is 2.62 bits per heavy atom. The lowest BCUT2D eigenvalue weighted by molar-refractivity contribution is 0.0596. The highest BCUT2D eigenvalue weighted by Crippen LogP contribution is 2.26. The molecule has 0 aromatic carbocycles. The van der Waals surface area contributed by atoms with Gasteiger partial charge in [-0.1, -0.05) is 0 Å². The molecule has 0 N–H and O–H groups in total. The van der Waals surface area contributed by atoms with Gasteiger partial charge >= 0.3 is 5.97 Å². The molecule has 2 aromatic heterocycles. The van der Waals surface area contributed by atoms with Crippen LogP contribution in [0.4, 0.5) is 0 Å². The summed E-state index contributed by atoms with van der Waals surface area (Å²) in [6.07, 6.45) is 1.65. The number of carbonyl (C=O) groups is 1. The van der Waals surface area contributed by atoms with Crippen LogP contribution in [0.1, 0.15) is 21.1 Å². The van der Waals surface area contributed by atoms with Gasteiger partial charge in [0.2, 0.25) is 5.88 Å². The molecule has 0 aliphatic carbocycles. The van der Waals surface area contributed by atoms with Crippen molar-refractivity contribution in [2.45, 2.75) is 0 Å². The van der Waals surface area contributed by atoms with Crippen LogP contribution < -0.4 is 9.47 Å². The van der Waals surface area contributed by atoms with E-state index in [0.29, 0.717) is 10.9 Å². The minimum atomic E-state index is -0.578. The molecule has 0 radical (unpaired) electrons. The first-order chi connectivity index (χ1) is 10.2. The zero-order chi connectivity index (χ0) is 15.2. The topological polar surface area (TPSA) is 70.5 Å². The number of esters is 1. The van der Waals surface area contributed by atoms with Gasteiger partial charge in [-0.25, -0.2) is 14.8 Å². The summed E-state index contributed by atoms with van der Waals surface area (Å²) in [4.78, 5) is 20.1. The summed E-state index contributed by atoms with van der Waals surface area (Å²) < 4.78 is 15.0. The highest BCUT2D eigenvalue weighted by atomic mass is 32.1. The second-order valence-electron chi connectivity index (χ2n) is 3.67. The molecule has 0 aliphatic rings. The van der Waals surface area contributed by atoms with Gasteiger partial charge < -0.3 is 14.2 Å². The van der Waals surface area contributed by atoms with Gasteiger partial charge in [-0.2, -0.15) is 0 Å². The third-order valence-corrected chi connectivity index (χ3v) is 3.19. The van der Waals surface area contributed by atoms with Gasteiger partial charge in [0.1, 0.15) is 17.0 Å². The summed E-state index contributed by atoms with van der Waals surface area (Å²) in [5.41, 5.74) is 0.373. The first-order valence-corrected chi connectivity index (χ1v) is 6.70. The Kier molecular flexibility index (Phi) is 4.74. The monoisotopic (exact) mass is 304 g/mol. The Balaban J connectivity index is 2.57. The SMILES string of the molecule is COC(=O)c1c(OC)cc(OC)nc1C#Cc1nccs1. The predicted octanol–water partition coefficient (Wildman–Crippen LogP) is 1.74. The molecule has 0 aliphatic heterocycles. The summed E-state index contributed by atoms with van der Waals surface area (Å²) >= 11 is 1.39. The minimum Gasteiger partial charge on any atom is -0.496 e. The molecule has 0 atom stereocenters. The Hall–Kier alpha value is -2.59. The molecule has 0 amide bonds. The maximum absolute atomic E-state index is 11.9. The quantitative estimate of drug-likeness (QED) is 0.635. The number of hydrogen-bond donors (Lipinski definition) is 0. The number of hydrogen-bond acceptors (Lipinski definition) is 7. The van der Waals surface area contributed by atoms with E-state index in [4.69, 9.17) is 14.2 Å². The van der Waals surface area contributed by atoms with Crippen molar-refractivity contribution in [2.24, 2.45) is 0 Å². The van der Waals surface area contributed by atoms with E-state index >= 15 is 0 Å². The number of thiazole rings is 1. The Morgan fingerprint density at radius 2 is 2.05 bits per heavy atom. The van der Waals surface area contributed by atoms with Crippen molar-refractivity contribution in [3.8, 4) is 23.5 Å². The molecule has 2 rings (SSSR count). The summed E-state index contributed by atoms with van der Waals surface area (Å²) in [6.45, 7) is 0. The molecular weight excluding hydrogens is 292 g/mol. The zero-order valence-corrected chi connectivity index (χ0v) is 12.5. The van der Waals surface area contributed by atoms with Gasteiger partial charge in [0.05, 0.1) is 21.3 Å². The predicted molar refractivity (Wildman–Crippen MR) is 76.8 cm³/mol. The van der Waals surface area contributed by atoms with Crippen LogP contribution in [0.2, 0.25) is 0 Å². The summed E-state index contributed by atoms with van der Waals surface area (Å²) in [6, 6.07) is 1.50. The first-order valence-electron chi connectivity index (χ1n) is 5.82. The number of ether oxygens (including phenoxy) is 3. The van der Waals surface area contributed by atoms with E-state index in [1.165, 1.54) is 38.7 Å². The van der Waals surface area contributed by atoms with Crippen LogP contribution in [-0.2, 0) is 4.74 Å². The summed E-state index contributed by atoms with van der Waals surface area (Å²) in [5.74, 6) is 5.65. The molecule has 0 bridgehead atoms. The average molecular weight is 304 g/mol. The number of aromatic nitrogens is 2.